The van der Waals surface area contributed by atoms with E-state index >= 15 is 0 Å². The van der Waals surface area contributed by atoms with Crippen molar-refractivity contribution >= 4 is 31.8 Å². The zero-order valence-electron chi connectivity index (χ0n) is 6.05. The minimum atomic E-state index is 0.0619. The molecule has 0 aromatic rings. The van der Waals surface area contributed by atoms with Crippen molar-refractivity contribution in [1.29, 1.82) is 0 Å². The van der Waals surface area contributed by atoms with Gasteiger partial charge in [0, 0.05) is 12.8 Å². The predicted molar refractivity (Wildman–Crippen MR) is 45.8 cm³/mol. The predicted octanol–water partition coefficient (Wildman–Crippen LogP) is 2.24. The SMILES string of the molecule is CCC(=O)SSC(=O)CC. The van der Waals surface area contributed by atoms with Gasteiger partial charge in [-0.15, -0.1) is 0 Å². The van der Waals surface area contributed by atoms with Gasteiger partial charge in [-0.25, -0.2) is 0 Å². The molecule has 0 aliphatic heterocycles. The lowest BCUT2D eigenvalue weighted by Crippen LogP contribution is -1.88. The van der Waals surface area contributed by atoms with Crippen LogP contribution in [0.5, 0.6) is 0 Å². The summed E-state index contributed by atoms with van der Waals surface area (Å²) in [6, 6.07) is 0. The van der Waals surface area contributed by atoms with Crippen LogP contribution in [0.25, 0.3) is 0 Å². The molecule has 0 aromatic heterocycles. The van der Waals surface area contributed by atoms with E-state index in [9.17, 15) is 9.59 Å². The van der Waals surface area contributed by atoms with Gasteiger partial charge in [0.25, 0.3) is 0 Å². The molecule has 0 heterocycles. The van der Waals surface area contributed by atoms with Crippen molar-refractivity contribution in [2.75, 3.05) is 0 Å². The molecule has 0 radical (unpaired) electrons. The highest BCUT2D eigenvalue weighted by molar-refractivity contribution is 8.87. The summed E-state index contributed by atoms with van der Waals surface area (Å²) >= 11 is 0. The van der Waals surface area contributed by atoms with E-state index < -0.39 is 0 Å². The van der Waals surface area contributed by atoms with Crippen LogP contribution < -0.4 is 0 Å². The Kier molecular flexibility index (Phi) is 5.82. The molecule has 0 aliphatic rings. The number of carbonyl (C=O) groups excluding carboxylic acids is 2. The van der Waals surface area contributed by atoms with Gasteiger partial charge in [0.05, 0.1) is 0 Å². The lowest BCUT2D eigenvalue weighted by atomic mass is 10.6. The Labute approximate surface area is 68.5 Å². The van der Waals surface area contributed by atoms with Crippen LogP contribution in [0.15, 0.2) is 0 Å². The highest BCUT2D eigenvalue weighted by atomic mass is 33.1. The van der Waals surface area contributed by atoms with E-state index in [1.165, 1.54) is 0 Å². The van der Waals surface area contributed by atoms with Crippen LogP contribution >= 0.6 is 21.6 Å². The maximum absolute atomic E-state index is 10.6. The summed E-state index contributed by atoms with van der Waals surface area (Å²) in [7, 11) is 2.07. The van der Waals surface area contributed by atoms with Gasteiger partial charge < -0.3 is 0 Å². The zero-order chi connectivity index (χ0) is 7.98. The Morgan fingerprint density at radius 3 is 1.50 bits per heavy atom. The first-order valence-electron chi connectivity index (χ1n) is 3.10. The van der Waals surface area contributed by atoms with Crippen molar-refractivity contribution in [2.45, 2.75) is 26.7 Å². The molecule has 0 saturated heterocycles. The standard InChI is InChI=1S/C6H10O2S2/c1-3-5(7)9-10-6(8)4-2/h3-4H2,1-2H3. The van der Waals surface area contributed by atoms with E-state index in [1.54, 1.807) is 13.8 Å². The molecule has 4 heteroatoms. The molecule has 0 unspecified atom stereocenters. The van der Waals surface area contributed by atoms with E-state index in [1.807, 2.05) is 0 Å². The Morgan fingerprint density at radius 2 is 1.30 bits per heavy atom. The summed E-state index contributed by atoms with van der Waals surface area (Å²) < 4.78 is 0. The maximum Gasteiger partial charge on any atom is 0.199 e. The first-order valence-corrected chi connectivity index (χ1v) is 5.25. The first-order chi connectivity index (χ1) is 4.70. The second-order valence-corrected chi connectivity index (χ2v) is 3.86. The molecule has 0 N–H and O–H groups in total. The van der Waals surface area contributed by atoms with Gasteiger partial charge in [-0.2, -0.15) is 0 Å². The Morgan fingerprint density at radius 1 is 1.00 bits per heavy atom. The molecule has 0 fully saturated rings. The number of hydrogen-bond donors (Lipinski definition) is 0. The zero-order valence-corrected chi connectivity index (χ0v) is 7.68. The smallest absolute Gasteiger partial charge is 0.199 e. The van der Waals surface area contributed by atoms with Crippen LogP contribution in [0.4, 0.5) is 0 Å². The highest BCUT2D eigenvalue weighted by Crippen LogP contribution is 2.24. The van der Waals surface area contributed by atoms with Crippen LogP contribution in [0, 0.1) is 0 Å². The molecule has 0 saturated carbocycles. The molecule has 0 amide bonds. The molecule has 0 spiro atoms. The summed E-state index contributed by atoms with van der Waals surface area (Å²) in [5.74, 6) is 0. The van der Waals surface area contributed by atoms with Crippen LogP contribution in [0.3, 0.4) is 0 Å². The van der Waals surface area contributed by atoms with Gasteiger partial charge in [-0.1, -0.05) is 13.8 Å². The van der Waals surface area contributed by atoms with E-state index in [0.717, 1.165) is 21.6 Å². The summed E-state index contributed by atoms with van der Waals surface area (Å²) in [5, 5.41) is 0.124. The Hall–Kier alpha value is 0.0400. The average Bonchev–Trinajstić information content (AvgIpc) is 1.99. The van der Waals surface area contributed by atoms with Crippen molar-refractivity contribution in [2.24, 2.45) is 0 Å². The molecule has 0 bridgehead atoms. The molecular formula is C6H10O2S2. The van der Waals surface area contributed by atoms with Crippen LogP contribution in [-0.4, -0.2) is 10.2 Å². The summed E-state index contributed by atoms with van der Waals surface area (Å²) in [4.78, 5) is 21.2. The first kappa shape index (κ1) is 10.0. The van der Waals surface area contributed by atoms with Crippen molar-refractivity contribution in [3.8, 4) is 0 Å². The normalized spacial score (nSPS) is 9.40. The quantitative estimate of drug-likeness (QED) is 0.607. The van der Waals surface area contributed by atoms with Crippen LogP contribution in [-0.2, 0) is 9.59 Å². The molecule has 2 nitrogen and oxygen atoms in total. The van der Waals surface area contributed by atoms with Gasteiger partial charge in [0.1, 0.15) is 0 Å². The number of carbonyl (C=O) groups is 2. The third-order valence-corrected chi connectivity index (χ3v) is 3.20. The van der Waals surface area contributed by atoms with Gasteiger partial charge in [0.2, 0.25) is 0 Å². The van der Waals surface area contributed by atoms with Gasteiger partial charge in [-0.05, 0) is 21.6 Å². The van der Waals surface area contributed by atoms with E-state index in [2.05, 4.69) is 0 Å². The average molecular weight is 178 g/mol. The van der Waals surface area contributed by atoms with Crippen LogP contribution in [0.2, 0.25) is 0 Å². The van der Waals surface area contributed by atoms with E-state index in [0.29, 0.717) is 12.8 Å². The summed E-state index contributed by atoms with van der Waals surface area (Å²) in [6.07, 6.45) is 0.989. The molecule has 10 heavy (non-hydrogen) atoms. The minimum Gasteiger partial charge on any atom is -0.286 e. The molecule has 58 valence electrons. The van der Waals surface area contributed by atoms with Crippen molar-refractivity contribution in [3.63, 3.8) is 0 Å². The number of rotatable bonds is 2. The fraction of sp³-hybridized carbons (Fsp3) is 0.667. The van der Waals surface area contributed by atoms with Gasteiger partial charge >= 0.3 is 0 Å². The second kappa shape index (κ2) is 5.80. The van der Waals surface area contributed by atoms with Crippen LogP contribution in [0.1, 0.15) is 26.7 Å². The van der Waals surface area contributed by atoms with Crippen molar-refractivity contribution in [1.82, 2.24) is 0 Å². The molecule has 0 aliphatic carbocycles. The lowest BCUT2D eigenvalue weighted by Gasteiger charge is -1.92. The number of hydrogen-bond acceptors (Lipinski definition) is 4. The Bertz CT molecular complexity index is 118. The fourth-order valence-electron chi connectivity index (χ4n) is 0.211. The second-order valence-electron chi connectivity index (χ2n) is 1.62. The third kappa shape index (κ3) is 4.88. The molecular weight excluding hydrogens is 168 g/mol. The van der Waals surface area contributed by atoms with E-state index in [-0.39, 0.29) is 10.2 Å². The van der Waals surface area contributed by atoms with E-state index in [4.69, 9.17) is 0 Å². The largest absolute Gasteiger partial charge is 0.286 e. The minimum absolute atomic E-state index is 0.0619. The van der Waals surface area contributed by atoms with Gasteiger partial charge in [0.15, 0.2) is 10.2 Å². The van der Waals surface area contributed by atoms with Crippen molar-refractivity contribution in [3.05, 3.63) is 0 Å². The summed E-state index contributed by atoms with van der Waals surface area (Å²) in [5.41, 5.74) is 0. The summed E-state index contributed by atoms with van der Waals surface area (Å²) in [6.45, 7) is 3.57. The third-order valence-electron chi connectivity index (χ3n) is 0.805. The highest BCUT2D eigenvalue weighted by Gasteiger charge is 2.03. The molecule has 0 aromatic carbocycles. The Balaban J connectivity index is 3.35. The molecule has 0 atom stereocenters. The van der Waals surface area contributed by atoms with Gasteiger partial charge in [-0.3, -0.25) is 9.59 Å². The topological polar surface area (TPSA) is 34.1 Å². The lowest BCUT2D eigenvalue weighted by molar-refractivity contribution is -0.111. The molecule has 0 rings (SSSR count). The monoisotopic (exact) mass is 178 g/mol. The fourth-order valence-corrected chi connectivity index (χ4v) is 1.90. The van der Waals surface area contributed by atoms with Crippen molar-refractivity contribution < 1.29 is 9.59 Å². The maximum atomic E-state index is 10.6.